The van der Waals surface area contributed by atoms with Crippen molar-refractivity contribution in [2.45, 2.75) is 26.1 Å². The van der Waals surface area contributed by atoms with Gasteiger partial charge < -0.3 is 19.9 Å². The van der Waals surface area contributed by atoms with E-state index in [-0.39, 0.29) is 30.7 Å². The van der Waals surface area contributed by atoms with Crippen LogP contribution >= 0.6 is 0 Å². The fourth-order valence-corrected chi connectivity index (χ4v) is 2.91. The highest BCUT2D eigenvalue weighted by Gasteiger charge is 2.31. The number of alkyl halides is 3. The normalized spacial score (nSPS) is 16.7. The zero-order chi connectivity index (χ0) is 20.0. The Morgan fingerprint density at radius 1 is 1.19 bits per heavy atom. The molecule has 9 heteroatoms. The van der Waals surface area contributed by atoms with Crippen LogP contribution in [0.25, 0.3) is 0 Å². The molecule has 0 aliphatic carbocycles. The van der Waals surface area contributed by atoms with Gasteiger partial charge in [-0.1, -0.05) is 6.92 Å². The van der Waals surface area contributed by atoms with E-state index in [4.69, 9.17) is 0 Å². The summed E-state index contributed by atoms with van der Waals surface area (Å²) in [5.41, 5.74) is 0.360. The van der Waals surface area contributed by atoms with E-state index in [2.05, 4.69) is 17.0 Å². The van der Waals surface area contributed by atoms with Crippen molar-refractivity contribution >= 4 is 17.5 Å². The fourth-order valence-electron chi connectivity index (χ4n) is 2.91. The van der Waals surface area contributed by atoms with Crippen molar-refractivity contribution in [3.8, 4) is 5.75 Å². The van der Waals surface area contributed by atoms with E-state index in [1.807, 2.05) is 4.90 Å². The fraction of sp³-hybridized carbons (Fsp3) is 0.556. The van der Waals surface area contributed by atoms with Crippen LogP contribution in [-0.4, -0.2) is 56.3 Å². The predicted octanol–water partition coefficient (Wildman–Crippen LogP) is 1.30. The number of amides is 2. The monoisotopic (exact) mass is 388 g/mol. The lowest BCUT2D eigenvalue weighted by atomic mass is 9.99. The third-order valence-electron chi connectivity index (χ3n) is 4.42. The van der Waals surface area contributed by atoms with Crippen LogP contribution in [0, 0.1) is 5.92 Å². The first kappa shape index (κ1) is 21.0. The van der Waals surface area contributed by atoms with Gasteiger partial charge in [0.05, 0.1) is 7.05 Å². The molecule has 150 valence electrons. The number of nitrogens with one attached hydrogen (secondary N) is 2. The second kappa shape index (κ2) is 9.07. The summed E-state index contributed by atoms with van der Waals surface area (Å²) in [6.45, 7) is 3.99. The number of piperidine rings is 1. The lowest BCUT2D eigenvalue weighted by Gasteiger charge is -2.30. The third kappa shape index (κ3) is 7.46. The molecule has 1 atom stereocenters. The van der Waals surface area contributed by atoms with Crippen molar-refractivity contribution in [2.24, 2.45) is 5.92 Å². The standard InChI is InChI=1S/C18H24F3N3O3/c1-13-7-9-24(10-8-13)17(26)12-23(2)11-16(25)22-14-3-5-15(6-4-14)27-18(19,20)21/h3-6,13H,7-12H2,1-2H3,(H,22,25)/p+1. The van der Waals surface area contributed by atoms with E-state index >= 15 is 0 Å². The lowest BCUT2D eigenvalue weighted by Crippen LogP contribution is -3.11. The molecule has 1 unspecified atom stereocenters. The van der Waals surface area contributed by atoms with Gasteiger partial charge in [0, 0.05) is 18.8 Å². The summed E-state index contributed by atoms with van der Waals surface area (Å²) in [6.07, 6.45) is -2.76. The number of anilines is 1. The van der Waals surface area contributed by atoms with Crippen molar-refractivity contribution in [1.82, 2.24) is 4.90 Å². The second-order valence-electron chi connectivity index (χ2n) is 6.99. The first-order chi connectivity index (χ1) is 12.6. The number of halogens is 3. The van der Waals surface area contributed by atoms with Crippen molar-refractivity contribution in [3.05, 3.63) is 24.3 Å². The van der Waals surface area contributed by atoms with E-state index in [0.29, 0.717) is 11.6 Å². The molecule has 0 aromatic heterocycles. The molecule has 2 N–H and O–H groups in total. The summed E-state index contributed by atoms with van der Waals surface area (Å²) in [5, 5.41) is 2.60. The number of hydrogen-bond acceptors (Lipinski definition) is 3. The molecular weight excluding hydrogens is 363 g/mol. The van der Waals surface area contributed by atoms with Gasteiger partial charge in [0.2, 0.25) is 0 Å². The van der Waals surface area contributed by atoms with Crippen LogP contribution in [0.2, 0.25) is 0 Å². The summed E-state index contributed by atoms with van der Waals surface area (Å²) in [7, 11) is 1.75. The first-order valence-corrected chi connectivity index (χ1v) is 8.87. The van der Waals surface area contributed by atoms with Crippen LogP contribution in [0.3, 0.4) is 0 Å². The number of likely N-dealkylation sites (N-methyl/N-ethyl adjacent to an activating group) is 1. The Bertz CT molecular complexity index is 641. The van der Waals surface area contributed by atoms with Crippen molar-refractivity contribution < 1.29 is 32.4 Å². The molecule has 0 bridgehead atoms. The number of rotatable bonds is 6. The van der Waals surface area contributed by atoms with E-state index < -0.39 is 6.36 Å². The molecule has 27 heavy (non-hydrogen) atoms. The number of hydrogen-bond donors (Lipinski definition) is 2. The molecule has 0 spiro atoms. The van der Waals surface area contributed by atoms with Crippen molar-refractivity contribution in [1.29, 1.82) is 0 Å². The van der Waals surface area contributed by atoms with Crippen LogP contribution < -0.4 is 15.0 Å². The van der Waals surface area contributed by atoms with E-state index in [0.717, 1.165) is 43.0 Å². The van der Waals surface area contributed by atoms with Gasteiger partial charge >= 0.3 is 6.36 Å². The summed E-state index contributed by atoms with van der Waals surface area (Å²) >= 11 is 0. The zero-order valence-electron chi connectivity index (χ0n) is 15.4. The Balaban J connectivity index is 1.76. The van der Waals surface area contributed by atoms with Crippen LogP contribution in [0.5, 0.6) is 5.75 Å². The highest BCUT2D eigenvalue weighted by molar-refractivity contribution is 5.91. The van der Waals surface area contributed by atoms with Gasteiger partial charge in [0.15, 0.2) is 13.1 Å². The molecule has 6 nitrogen and oxygen atoms in total. The summed E-state index contributed by atoms with van der Waals surface area (Å²) in [4.78, 5) is 26.9. The Morgan fingerprint density at radius 2 is 1.78 bits per heavy atom. The van der Waals surface area contributed by atoms with E-state index in [9.17, 15) is 22.8 Å². The molecule has 2 amide bonds. The second-order valence-corrected chi connectivity index (χ2v) is 6.99. The Morgan fingerprint density at radius 3 is 2.33 bits per heavy atom. The minimum Gasteiger partial charge on any atom is -0.406 e. The maximum atomic E-state index is 12.3. The molecule has 0 saturated carbocycles. The molecule has 0 radical (unpaired) electrons. The Kier molecular flexibility index (Phi) is 7.06. The molecule has 1 aromatic carbocycles. The molecule has 1 fully saturated rings. The number of carbonyl (C=O) groups excluding carboxylic acids is 2. The molecular formula is C18H25F3N3O3+. The van der Waals surface area contributed by atoms with Crippen LogP contribution in [0.4, 0.5) is 18.9 Å². The molecule has 1 aliphatic heterocycles. The maximum Gasteiger partial charge on any atom is 0.573 e. The highest BCUT2D eigenvalue weighted by Crippen LogP contribution is 2.23. The van der Waals surface area contributed by atoms with Gasteiger partial charge in [-0.15, -0.1) is 13.2 Å². The molecule has 1 aromatic rings. The quantitative estimate of drug-likeness (QED) is 0.772. The first-order valence-electron chi connectivity index (χ1n) is 8.87. The Hall–Kier alpha value is -2.29. The lowest BCUT2D eigenvalue weighted by molar-refractivity contribution is -0.862. The van der Waals surface area contributed by atoms with Gasteiger partial charge in [-0.25, -0.2) is 0 Å². The highest BCUT2D eigenvalue weighted by atomic mass is 19.4. The average Bonchev–Trinajstić information content (AvgIpc) is 2.55. The minimum atomic E-state index is -4.75. The minimum absolute atomic E-state index is 0.0286. The number of benzene rings is 1. The Labute approximate surface area is 156 Å². The molecule has 1 heterocycles. The van der Waals surface area contributed by atoms with Gasteiger partial charge in [-0.05, 0) is 43.0 Å². The van der Waals surface area contributed by atoms with Gasteiger partial charge in [-0.2, -0.15) is 0 Å². The zero-order valence-corrected chi connectivity index (χ0v) is 15.4. The summed E-state index contributed by atoms with van der Waals surface area (Å²) < 4.78 is 40.2. The van der Waals surface area contributed by atoms with Crippen LogP contribution in [-0.2, 0) is 9.59 Å². The maximum absolute atomic E-state index is 12.3. The van der Waals surface area contributed by atoms with E-state index in [1.165, 1.54) is 12.1 Å². The van der Waals surface area contributed by atoms with Crippen molar-refractivity contribution in [2.75, 3.05) is 38.5 Å². The predicted molar refractivity (Wildman–Crippen MR) is 93.4 cm³/mol. The molecule has 1 saturated heterocycles. The molecule has 1 aliphatic rings. The summed E-state index contributed by atoms with van der Waals surface area (Å²) in [6, 6.07) is 4.91. The topological polar surface area (TPSA) is 63.1 Å². The largest absolute Gasteiger partial charge is 0.573 e. The number of carbonyl (C=O) groups is 2. The average molecular weight is 388 g/mol. The number of ether oxygens (including phenoxy) is 1. The molecule has 2 rings (SSSR count). The third-order valence-corrected chi connectivity index (χ3v) is 4.42. The van der Waals surface area contributed by atoms with Crippen LogP contribution in [0.15, 0.2) is 24.3 Å². The number of quaternary nitrogens is 1. The van der Waals surface area contributed by atoms with Crippen molar-refractivity contribution in [3.63, 3.8) is 0 Å². The summed E-state index contributed by atoms with van der Waals surface area (Å²) in [5.74, 6) is -0.0135. The number of likely N-dealkylation sites (tertiary alicyclic amines) is 1. The smallest absolute Gasteiger partial charge is 0.406 e. The van der Waals surface area contributed by atoms with Gasteiger partial charge in [0.1, 0.15) is 5.75 Å². The SMILES string of the molecule is CC1CCN(C(=O)C[NH+](C)CC(=O)Nc2ccc(OC(F)(F)F)cc2)CC1. The van der Waals surface area contributed by atoms with E-state index in [1.54, 1.807) is 7.05 Å². The van der Waals surface area contributed by atoms with Gasteiger partial charge in [0.25, 0.3) is 11.8 Å². The van der Waals surface area contributed by atoms with Gasteiger partial charge in [-0.3, -0.25) is 9.59 Å². The van der Waals surface area contributed by atoms with Crippen LogP contribution in [0.1, 0.15) is 19.8 Å². The number of nitrogens with zero attached hydrogens (tertiary/aromatic N) is 1.